The molecule has 0 saturated carbocycles. The van der Waals surface area contributed by atoms with Crippen molar-refractivity contribution >= 4 is 0 Å². The summed E-state index contributed by atoms with van der Waals surface area (Å²) in [5.74, 6) is -8.11. The van der Waals surface area contributed by atoms with Crippen LogP contribution in [0.2, 0.25) is 0 Å². The van der Waals surface area contributed by atoms with Crippen LogP contribution in [0.1, 0.15) is 5.56 Å². The minimum atomic E-state index is -5.06. The molecule has 0 aliphatic heterocycles. The maximum Gasteiger partial charge on any atom is 0.414 e. The summed E-state index contributed by atoms with van der Waals surface area (Å²) in [5, 5.41) is 8.58. The van der Waals surface area contributed by atoms with Crippen molar-refractivity contribution in [3.8, 4) is 0 Å². The van der Waals surface area contributed by atoms with E-state index in [4.69, 9.17) is 5.11 Å². The van der Waals surface area contributed by atoms with Gasteiger partial charge in [0.15, 0.2) is 29.4 Å². The van der Waals surface area contributed by atoms with E-state index in [9.17, 15) is 30.7 Å². The van der Waals surface area contributed by atoms with Crippen LogP contribution in [0.5, 0.6) is 0 Å². The van der Waals surface area contributed by atoms with E-state index in [-0.39, 0.29) is 6.07 Å². The Hall–Kier alpha value is -1.31. The molecule has 1 atom stereocenters. The molecule has 0 saturated heterocycles. The zero-order valence-corrected chi connectivity index (χ0v) is 7.95. The van der Waals surface area contributed by atoms with E-state index >= 15 is 0 Å². The number of alkyl halides is 3. The summed E-state index contributed by atoms with van der Waals surface area (Å²) >= 11 is 0. The Morgan fingerprint density at radius 3 is 2.00 bits per heavy atom. The summed E-state index contributed by atoms with van der Waals surface area (Å²) in [5.41, 5.74) is -1.09. The van der Waals surface area contributed by atoms with Crippen molar-refractivity contribution in [2.45, 2.75) is 18.7 Å². The SMILES string of the molecule is OC(Cc1cc(F)c(F)c(F)c1F)C(F)(F)F. The van der Waals surface area contributed by atoms with Crippen molar-refractivity contribution in [2.75, 3.05) is 0 Å². The number of hydrogen-bond donors (Lipinski definition) is 1. The highest BCUT2D eigenvalue weighted by Crippen LogP contribution is 2.26. The summed E-state index contributed by atoms with van der Waals surface area (Å²) in [4.78, 5) is 0. The van der Waals surface area contributed by atoms with Gasteiger partial charge in [-0.3, -0.25) is 0 Å². The third-order valence-electron chi connectivity index (χ3n) is 1.97. The summed E-state index contributed by atoms with van der Waals surface area (Å²) in [6, 6.07) is 0.0721. The second-order valence-electron chi connectivity index (χ2n) is 3.22. The molecule has 0 fully saturated rings. The van der Waals surface area contributed by atoms with Crippen molar-refractivity contribution in [3.63, 3.8) is 0 Å². The van der Waals surface area contributed by atoms with Gasteiger partial charge in [-0.25, -0.2) is 17.6 Å². The molecule has 0 aliphatic rings. The fraction of sp³-hybridized carbons (Fsp3) is 0.333. The summed E-state index contributed by atoms with van der Waals surface area (Å²) < 4.78 is 86.4. The number of benzene rings is 1. The number of aliphatic hydroxyl groups is 1. The van der Waals surface area contributed by atoms with Gasteiger partial charge in [0.1, 0.15) is 0 Å². The molecule has 0 spiro atoms. The molecule has 1 nitrogen and oxygen atoms in total. The Bertz CT molecular complexity index is 426. The predicted molar refractivity (Wildman–Crippen MR) is 42.0 cm³/mol. The molecular formula is C9H5F7O. The maximum absolute atomic E-state index is 12.9. The highest BCUT2D eigenvalue weighted by atomic mass is 19.4. The first kappa shape index (κ1) is 13.8. The average molecular weight is 262 g/mol. The average Bonchev–Trinajstić information content (AvgIpc) is 2.21. The smallest absolute Gasteiger partial charge is 0.383 e. The van der Waals surface area contributed by atoms with Crippen molar-refractivity contribution in [3.05, 3.63) is 34.9 Å². The Labute approximate surface area is 90.5 Å². The lowest BCUT2D eigenvalue weighted by atomic mass is 10.1. The molecule has 96 valence electrons. The van der Waals surface area contributed by atoms with E-state index in [0.717, 1.165) is 0 Å². The van der Waals surface area contributed by atoms with Gasteiger partial charge >= 0.3 is 6.18 Å². The van der Waals surface area contributed by atoms with Gasteiger partial charge in [0, 0.05) is 6.42 Å². The summed E-state index contributed by atoms with van der Waals surface area (Å²) in [6.07, 6.45) is -9.45. The number of hydrogen-bond acceptors (Lipinski definition) is 1. The lowest BCUT2D eigenvalue weighted by Gasteiger charge is -2.15. The van der Waals surface area contributed by atoms with Crippen molar-refractivity contribution < 1.29 is 35.8 Å². The molecule has 0 heterocycles. The standard InChI is InChI=1S/C9H5F7O/c10-4-1-3(2-5(17)9(14,15)16)6(11)8(13)7(4)12/h1,5,17H,2H2. The van der Waals surface area contributed by atoms with Crippen LogP contribution in [0.3, 0.4) is 0 Å². The van der Waals surface area contributed by atoms with Gasteiger partial charge < -0.3 is 5.11 Å². The van der Waals surface area contributed by atoms with Crippen LogP contribution >= 0.6 is 0 Å². The summed E-state index contributed by atoms with van der Waals surface area (Å²) in [7, 11) is 0. The van der Waals surface area contributed by atoms with E-state index in [1.54, 1.807) is 0 Å². The van der Waals surface area contributed by atoms with Gasteiger partial charge in [0.2, 0.25) is 0 Å². The Morgan fingerprint density at radius 2 is 1.53 bits per heavy atom. The Morgan fingerprint density at radius 1 is 1.00 bits per heavy atom. The fourth-order valence-corrected chi connectivity index (χ4v) is 1.09. The minimum absolute atomic E-state index is 0.0721. The van der Waals surface area contributed by atoms with Crippen molar-refractivity contribution in [1.29, 1.82) is 0 Å². The Kier molecular flexibility index (Phi) is 3.65. The molecular weight excluding hydrogens is 257 g/mol. The molecule has 8 heteroatoms. The first-order chi connectivity index (χ1) is 7.64. The van der Waals surface area contributed by atoms with Crippen LogP contribution in [0.15, 0.2) is 6.07 Å². The quantitative estimate of drug-likeness (QED) is 0.493. The van der Waals surface area contributed by atoms with Crippen LogP contribution in [0.25, 0.3) is 0 Å². The number of rotatable bonds is 2. The van der Waals surface area contributed by atoms with Gasteiger partial charge in [-0.15, -0.1) is 0 Å². The minimum Gasteiger partial charge on any atom is -0.383 e. The predicted octanol–water partition coefficient (Wildman–Crippen LogP) is 2.71. The van der Waals surface area contributed by atoms with Crippen LogP contribution in [0, 0.1) is 23.3 Å². The molecule has 0 bridgehead atoms. The molecule has 0 radical (unpaired) electrons. The first-order valence-electron chi connectivity index (χ1n) is 4.21. The summed E-state index contributed by atoms with van der Waals surface area (Å²) in [6.45, 7) is 0. The van der Waals surface area contributed by atoms with Crippen LogP contribution in [0.4, 0.5) is 30.7 Å². The van der Waals surface area contributed by atoms with Crippen LogP contribution in [-0.4, -0.2) is 17.4 Å². The zero-order valence-electron chi connectivity index (χ0n) is 7.95. The van der Waals surface area contributed by atoms with E-state index in [1.807, 2.05) is 0 Å². The largest absolute Gasteiger partial charge is 0.414 e. The second kappa shape index (κ2) is 4.52. The third kappa shape index (κ3) is 2.87. The molecule has 0 amide bonds. The first-order valence-corrected chi connectivity index (χ1v) is 4.21. The fourth-order valence-electron chi connectivity index (χ4n) is 1.09. The van der Waals surface area contributed by atoms with Crippen molar-refractivity contribution in [1.82, 2.24) is 0 Å². The topological polar surface area (TPSA) is 20.2 Å². The number of halogens is 7. The van der Waals surface area contributed by atoms with Gasteiger partial charge in [-0.05, 0) is 11.6 Å². The maximum atomic E-state index is 12.9. The van der Waals surface area contributed by atoms with E-state index < -0.39 is 47.5 Å². The van der Waals surface area contributed by atoms with Gasteiger partial charge in [-0.1, -0.05) is 0 Å². The van der Waals surface area contributed by atoms with E-state index in [2.05, 4.69) is 0 Å². The molecule has 1 aromatic rings. The lowest BCUT2D eigenvalue weighted by Crippen LogP contribution is -2.31. The van der Waals surface area contributed by atoms with E-state index in [0.29, 0.717) is 0 Å². The molecule has 17 heavy (non-hydrogen) atoms. The van der Waals surface area contributed by atoms with Crippen LogP contribution < -0.4 is 0 Å². The van der Waals surface area contributed by atoms with Gasteiger partial charge in [0.25, 0.3) is 0 Å². The molecule has 0 aromatic heterocycles. The second-order valence-corrected chi connectivity index (χ2v) is 3.22. The molecule has 1 unspecified atom stereocenters. The molecule has 1 N–H and O–H groups in total. The van der Waals surface area contributed by atoms with Gasteiger partial charge in [-0.2, -0.15) is 13.2 Å². The van der Waals surface area contributed by atoms with Gasteiger partial charge in [0.05, 0.1) is 0 Å². The molecule has 1 aromatic carbocycles. The van der Waals surface area contributed by atoms with Crippen LogP contribution in [-0.2, 0) is 6.42 Å². The normalized spacial score (nSPS) is 13.9. The third-order valence-corrected chi connectivity index (χ3v) is 1.97. The highest BCUT2D eigenvalue weighted by Gasteiger charge is 2.39. The molecule has 1 rings (SSSR count). The Balaban J connectivity index is 3.09. The number of aliphatic hydroxyl groups excluding tert-OH is 1. The lowest BCUT2D eigenvalue weighted by molar-refractivity contribution is -0.203. The van der Waals surface area contributed by atoms with E-state index in [1.165, 1.54) is 0 Å². The molecule has 0 aliphatic carbocycles. The monoisotopic (exact) mass is 262 g/mol. The highest BCUT2D eigenvalue weighted by molar-refractivity contribution is 5.22. The zero-order chi connectivity index (χ0) is 13.4. The van der Waals surface area contributed by atoms with Crippen molar-refractivity contribution in [2.24, 2.45) is 0 Å².